The summed E-state index contributed by atoms with van der Waals surface area (Å²) in [5.74, 6) is -0.239. The highest BCUT2D eigenvalue weighted by atomic mass is 32.2. The fourth-order valence-electron chi connectivity index (χ4n) is 2.92. The number of nitrogens with zero attached hydrogens (tertiary/aromatic N) is 2. The van der Waals surface area contributed by atoms with E-state index in [4.69, 9.17) is 0 Å². The molecular formula is C19H21FN2O2S2. The fourth-order valence-corrected chi connectivity index (χ4v) is 5.06. The van der Waals surface area contributed by atoms with Gasteiger partial charge in [0.2, 0.25) is 5.91 Å². The molecule has 0 saturated carbocycles. The van der Waals surface area contributed by atoms with Gasteiger partial charge in [0, 0.05) is 20.1 Å². The van der Waals surface area contributed by atoms with Crippen LogP contribution >= 0.6 is 23.1 Å². The Labute approximate surface area is 161 Å². The third kappa shape index (κ3) is 3.94. The van der Waals surface area contributed by atoms with Crippen LogP contribution in [0.25, 0.3) is 0 Å². The second-order valence-electron chi connectivity index (χ2n) is 6.17. The highest BCUT2D eigenvalue weighted by Crippen LogP contribution is 2.43. The zero-order chi connectivity index (χ0) is 18.7. The van der Waals surface area contributed by atoms with Crippen LogP contribution in [0.5, 0.6) is 0 Å². The highest BCUT2D eigenvalue weighted by molar-refractivity contribution is 8.01. The lowest BCUT2D eigenvalue weighted by molar-refractivity contribution is -0.130. The van der Waals surface area contributed by atoms with Crippen molar-refractivity contribution >= 4 is 34.9 Å². The van der Waals surface area contributed by atoms with Gasteiger partial charge < -0.3 is 9.80 Å². The minimum atomic E-state index is -0.289. The molecule has 0 unspecified atom stereocenters. The van der Waals surface area contributed by atoms with E-state index in [1.54, 1.807) is 41.9 Å². The van der Waals surface area contributed by atoms with Crippen molar-refractivity contribution in [3.8, 4) is 0 Å². The lowest BCUT2D eigenvalue weighted by atomic mass is 10.2. The summed E-state index contributed by atoms with van der Waals surface area (Å²) in [4.78, 5) is 29.3. The van der Waals surface area contributed by atoms with Gasteiger partial charge in [-0.15, -0.1) is 23.1 Å². The van der Waals surface area contributed by atoms with Crippen molar-refractivity contribution in [2.45, 2.75) is 24.0 Å². The quantitative estimate of drug-likeness (QED) is 0.746. The Morgan fingerprint density at radius 2 is 2.00 bits per heavy atom. The number of rotatable bonds is 6. The van der Waals surface area contributed by atoms with Gasteiger partial charge in [-0.05, 0) is 35.6 Å². The van der Waals surface area contributed by atoms with Gasteiger partial charge in [0.25, 0.3) is 5.91 Å². The number of likely N-dealkylation sites (N-methyl/N-ethyl adjacent to an activating group) is 1. The number of halogens is 1. The zero-order valence-corrected chi connectivity index (χ0v) is 16.4. The Morgan fingerprint density at radius 3 is 2.62 bits per heavy atom. The molecule has 26 heavy (non-hydrogen) atoms. The molecule has 2 amide bonds. The summed E-state index contributed by atoms with van der Waals surface area (Å²) in [5, 5.41) is 1.64. The minimum absolute atomic E-state index is 0.0373. The standard InChI is InChI=1S/C19H21FN2O2S2/c1-3-15-18(24)22(19(26-15)13-6-8-14(20)9-7-13)11-10-21(2)17(23)16-5-4-12-25-16/h4-9,12,15,19H,3,10-11H2,1-2H3/t15-,19+/m1/s1. The number of thiophene rings is 1. The van der Waals surface area contributed by atoms with Gasteiger partial charge in [-0.3, -0.25) is 9.59 Å². The predicted octanol–water partition coefficient (Wildman–Crippen LogP) is 4.01. The molecule has 1 fully saturated rings. The van der Waals surface area contributed by atoms with Crippen LogP contribution in [0.4, 0.5) is 4.39 Å². The van der Waals surface area contributed by atoms with Crippen molar-refractivity contribution in [1.82, 2.24) is 9.80 Å². The molecule has 0 radical (unpaired) electrons. The number of hydrogen-bond acceptors (Lipinski definition) is 4. The number of benzene rings is 1. The fraction of sp³-hybridized carbons (Fsp3) is 0.368. The van der Waals surface area contributed by atoms with Gasteiger partial charge in [0.1, 0.15) is 11.2 Å². The topological polar surface area (TPSA) is 40.6 Å². The molecule has 0 aliphatic carbocycles. The lowest BCUT2D eigenvalue weighted by Gasteiger charge is -2.26. The molecule has 4 nitrogen and oxygen atoms in total. The van der Waals surface area contributed by atoms with Crippen LogP contribution in [0, 0.1) is 5.82 Å². The molecule has 138 valence electrons. The Hall–Kier alpha value is -1.86. The SMILES string of the molecule is CC[C@H]1S[C@@H](c2ccc(F)cc2)N(CCN(C)C(=O)c2cccs2)C1=O. The second-order valence-corrected chi connectivity index (χ2v) is 8.41. The molecule has 2 atom stereocenters. The van der Waals surface area contributed by atoms with E-state index in [1.807, 2.05) is 23.3 Å². The van der Waals surface area contributed by atoms with Gasteiger partial charge in [0.15, 0.2) is 0 Å². The van der Waals surface area contributed by atoms with E-state index in [0.29, 0.717) is 18.0 Å². The molecule has 1 aromatic carbocycles. The number of thioether (sulfide) groups is 1. The molecule has 1 aliphatic heterocycles. The predicted molar refractivity (Wildman–Crippen MR) is 104 cm³/mol. The Balaban J connectivity index is 1.71. The molecule has 1 aliphatic rings. The summed E-state index contributed by atoms with van der Waals surface area (Å²) >= 11 is 3.01. The number of amides is 2. The molecular weight excluding hydrogens is 371 g/mol. The summed E-state index contributed by atoms with van der Waals surface area (Å²) in [7, 11) is 1.75. The normalized spacial score (nSPS) is 19.8. The average molecular weight is 393 g/mol. The maximum Gasteiger partial charge on any atom is 0.263 e. The minimum Gasteiger partial charge on any atom is -0.339 e. The number of hydrogen-bond donors (Lipinski definition) is 0. The van der Waals surface area contributed by atoms with Crippen molar-refractivity contribution in [2.24, 2.45) is 0 Å². The first-order valence-corrected chi connectivity index (χ1v) is 10.3. The van der Waals surface area contributed by atoms with Crippen LogP contribution in [0.2, 0.25) is 0 Å². The van der Waals surface area contributed by atoms with Crippen LogP contribution in [0.3, 0.4) is 0 Å². The van der Waals surface area contributed by atoms with Crippen LogP contribution < -0.4 is 0 Å². The van der Waals surface area contributed by atoms with Crippen molar-refractivity contribution in [1.29, 1.82) is 0 Å². The summed E-state index contributed by atoms with van der Waals surface area (Å²) in [6, 6.07) is 9.95. The molecule has 7 heteroatoms. The highest BCUT2D eigenvalue weighted by Gasteiger charge is 2.39. The van der Waals surface area contributed by atoms with E-state index in [1.165, 1.54) is 23.5 Å². The summed E-state index contributed by atoms with van der Waals surface area (Å²) in [6.07, 6.45) is 0.752. The van der Waals surface area contributed by atoms with Gasteiger partial charge in [0.05, 0.1) is 10.1 Å². The first-order chi connectivity index (χ1) is 12.5. The Bertz CT molecular complexity index is 764. The van der Waals surface area contributed by atoms with E-state index in [0.717, 1.165) is 12.0 Å². The van der Waals surface area contributed by atoms with Gasteiger partial charge >= 0.3 is 0 Å². The Kier molecular flexibility index (Phi) is 5.98. The largest absolute Gasteiger partial charge is 0.339 e. The average Bonchev–Trinajstić information content (AvgIpc) is 3.28. The smallest absolute Gasteiger partial charge is 0.263 e. The van der Waals surface area contributed by atoms with Gasteiger partial charge in [-0.1, -0.05) is 25.1 Å². The zero-order valence-electron chi connectivity index (χ0n) is 14.7. The summed E-state index contributed by atoms with van der Waals surface area (Å²) < 4.78 is 13.2. The van der Waals surface area contributed by atoms with E-state index in [2.05, 4.69) is 0 Å². The molecule has 1 aromatic heterocycles. The van der Waals surface area contributed by atoms with Crippen molar-refractivity contribution in [3.63, 3.8) is 0 Å². The molecule has 2 heterocycles. The molecule has 0 bridgehead atoms. The molecule has 0 N–H and O–H groups in total. The molecule has 3 rings (SSSR count). The van der Waals surface area contributed by atoms with Crippen molar-refractivity contribution < 1.29 is 14.0 Å². The first kappa shape index (κ1) is 18.9. The summed E-state index contributed by atoms with van der Waals surface area (Å²) in [6.45, 7) is 2.91. The maximum absolute atomic E-state index is 13.2. The van der Waals surface area contributed by atoms with E-state index >= 15 is 0 Å². The van der Waals surface area contributed by atoms with Gasteiger partial charge in [-0.25, -0.2) is 4.39 Å². The lowest BCUT2D eigenvalue weighted by Crippen LogP contribution is -2.39. The monoisotopic (exact) mass is 392 g/mol. The van der Waals surface area contributed by atoms with E-state index in [-0.39, 0.29) is 28.3 Å². The Morgan fingerprint density at radius 1 is 1.27 bits per heavy atom. The second kappa shape index (κ2) is 8.22. The van der Waals surface area contributed by atoms with Gasteiger partial charge in [-0.2, -0.15) is 0 Å². The third-order valence-corrected chi connectivity index (χ3v) is 6.92. The van der Waals surface area contributed by atoms with Crippen LogP contribution in [0.15, 0.2) is 41.8 Å². The maximum atomic E-state index is 13.2. The van der Waals surface area contributed by atoms with Crippen molar-refractivity contribution in [3.05, 3.63) is 58.0 Å². The van der Waals surface area contributed by atoms with Crippen LogP contribution in [-0.4, -0.2) is 47.0 Å². The number of carbonyl (C=O) groups is 2. The molecule has 2 aromatic rings. The third-order valence-electron chi connectivity index (χ3n) is 4.42. The van der Waals surface area contributed by atoms with E-state index in [9.17, 15) is 14.0 Å². The summed E-state index contributed by atoms with van der Waals surface area (Å²) in [5.41, 5.74) is 0.910. The van der Waals surface area contributed by atoms with E-state index < -0.39 is 0 Å². The van der Waals surface area contributed by atoms with Crippen LogP contribution in [0.1, 0.15) is 34.0 Å². The molecule has 0 spiro atoms. The number of carbonyl (C=O) groups excluding carboxylic acids is 2. The molecule has 1 saturated heterocycles. The first-order valence-electron chi connectivity index (χ1n) is 8.51. The van der Waals surface area contributed by atoms with Crippen LogP contribution in [-0.2, 0) is 4.79 Å². The van der Waals surface area contributed by atoms with Crippen molar-refractivity contribution in [2.75, 3.05) is 20.1 Å².